The quantitative estimate of drug-likeness (QED) is 0.0947. The summed E-state index contributed by atoms with van der Waals surface area (Å²) in [7, 11) is 0. The van der Waals surface area contributed by atoms with Crippen molar-refractivity contribution in [3.8, 4) is 0 Å². The Kier molecular flexibility index (Phi) is 9.78. The minimum Gasteiger partial charge on any atom is -0.455 e. The smallest absolute Gasteiger partial charge is 0.279 e. The number of rotatable bonds is 8. The summed E-state index contributed by atoms with van der Waals surface area (Å²) >= 11 is 7.24. The van der Waals surface area contributed by atoms with Crippen molar-refractivity contribution in [3.63, 3.8) is 0 Å². The Labute approximate surface area is 136 Å². The van der Waals surface area contributed by atoms with E-state index >= 15 is 0 Å². The highest BCUT2D eigenvalue weighted by atomic mass is 32.2. The topological polar surface area (TPSA) is 114 Å². The van der Waals surface area contributed by atoms with Crippen LogP contribution >= 0.6 is 47.0 Å². The van der Waals surface area contributed by atoms with Crippen LogP contribution in [0.3, 0.4) is 0 Å². The Morgan fingerprint density at radius 3 is 2.40 bits per heavy atom. The van der Waals surface area contributed by atoms with Crippen LogP contribution in [0.4, 0.5) is 0 Å². The number of carbonyl (C=O) groups is 1. The number of hydrogen-bond acceptors (Lipinski definition) is 8. The summed E-state index contributed by atoms with van der Waals surface area (Å²) in [5.74, 6) is 10.0. The molecule has 1 aliphatic heterocycles. The van der Waals surface area contributed by atoms with Gasteiger partial charge in [-0.05, 0) is 0 Å². The first kappa shape index (κ1) is 18.1. The summed E-state index contributed by atoms with van der Waals surface area (Å²) in [4.78, 5) is 11.0. The first-order valence-electron chi connectivity index (χ1n) is 5.96. The van der Waals surface area contributed by atoms with E-state index in [1.165, 1.54) is 0 Å². The second-order valence-electron chi connectivity index (χ2n) is 3.99. The van der Waals surface area contributed by atoms with E-state index in [0.717, 1.165) is 23.0 Å². The number of amidine groups is 1. The van der Waals surface area contributed by atoms with Crippen LogP contribution in [-0.2, 0) is 9.53 Å². The lowest BCUT2D eigenvalue weighted by Crippen LogP contribution is -2.32. The minimum absolute atomic E-state index is 0.122. The zero-order valence-corrected chi connectivity index (χ0v) is 14.3. The van der Waals surface area contributed by atoms with Crippen LogP contribution in [-0.4, -0.2) is 57.1 Å². The summed E-state index contributed by atoms with van der Waals surface area (Å²) in [6.07, 6.45) is 0. The summed E-state index contributed by atoms with van der Waals surface area (Å²) in [6, 6.07) is -0.221. The van der Waals surface area contributed by atoms with Crippen LogP contribution in [0.5, 0.6) is 0 Å². The lowest BCUT2D eigenvalue weighted by Gasteiger charge is -2.27. The van der Waals surface area contributed by atoms with E-state index in [-0.39, 0.29) is 11.9 Å². The molecular weight excluding hydrogens is 336 g/mol. The molecule has 0 aromatic heterocycles. The molecule has 20 heavy (non-hydrogen) atoms. The van der Waals surface area contributed by atoms with Crippen LogP contribution in [0.2, 0.25) is 0 Å². The second kappa shape index (κ2) is 10.8. The number of carbonyl (C=O) groups excluding carboxylic acids is 1. The van der Waals surface area contributed by atoms with Gasteiger partial charge in [0.05, 0.1) is 5.75 Å². The van der Waals surface area contributed by atoms with Crippen LogP contribution in [0.15, 0.2) is 0 Å². The average Bonchev–Trinajstić information content (AvgIpc) is 2.44. The predicted molar refractivity (Wildman–Crippen MR) is 92.5 cm³/mol. The molecule has 0 aliphatic carbocycles. The number of nitrogens with one attached hydrogen (secondary N) is 2. The molecule has 0 spiro atoms. The molecule has 1 amide bonds. The van der Waals surface area contributed by atoms with Gasteiger partial charge in [0.15, 0.2) is 0 Å². The third-order valence-electron chi connectivity index (χ3n) is 2.34. The maximum absolute atomic E-state index is 11.0. The van der Waals surface area contributed by atoms with Gasteiger partial charge in [0, 0.05) is 33.5 Å². The average molecular weight is 357 g/mol. The Morgan fingerprint density at radius 1 is 1.30 bits per heavy atom. The summed E-state index contributed by atoms with van der Waals surface area (Å²) in [6.45, 7) is 0. The highest BCUT2D eigenvalue weighted by molar-refractivity contribution is 8.09. The molecule has 0 saturated carbocycles. The van der Waals surface area contributed by atoms with Gasteiger partial charge in [-0.1, -0.05) is 0 Å². The lowest BCUT2D eigenvalue weighted by atomic mass is 10.5. The number of thioether (sulfide) groups is 4. The SMILES string of the molecule is N=C(N)OCSCC1CSC(CSCC(=O)NN)CS1. The molecule has 0 aromatic carbocycles. The van der Waals surface area contributed by atoms with Crippen LogP contribution in [0.25, 0.3) is 0 Å². The molecule has 0 bridgehead atoms. The highest BCUT2D eigenvalue weighted by Crippen LogP contribution is 2.33. The highest BCUT2D eigenvalue weighted by Gasteiger charge is 2.22. The van der Waals surface area contributed by atoms with E-state index in [0.29, 0.717) is 22.2 Å². The predicted octanol–water partition coefficient (Wildman–Crippen LogP) is 0.527. The molecule has 2 unspecified atom stereocenters. The second-order valence-corrected chi connectivity index (χ2v) is 8.66. The molecule has 2 atom stereocenters. The number of ether oxygens (including phenoxy) is 1. The van der Waals surface area contributed by atoms with Gasteiger partial charge in [0.25, 0.3) is 6.02 Å². The van der Waals surface area contributed by atoms with Crippen molar-refractivity contribution in [2.45, 2.75) is 10.5 Å². The lowest BCUT2D eigenvalue weighted by molar-refractivity contribution is -0.118. The number of hydrazine groups is 1. The number of nitrogens with two attached hydrogens (primary N) is 2. The molecule has 1 fully saturated rings. The van der Waals surface area contributed by atoms with Gasteiger partial charge >= 0.3 is 0 Å². The molecule has 6 nitrogen and oxygen atoms in total. The maximum Gasteiger partial charge on any atom is 0.279 e. The molecule has 1 saturated heterocycles. The van der Waals surface area contributed by atoms with Crippen molar-refractivity contribution < 1.29 is 9.53 Å². The molecule has 1 rings (SSSR count). The summed E-state index contributed by atoms with van der Waals surface area (Å²) in [5, 5.41) is 8.17. The van der Waals surface area contributed by atoms with E-state index in [9.17, 15) is 4.79 Å². The van der Waals surface area contributed by atoms with Crippen LogP contribution in [0, 0.1) is 5.41 Å². The number of hydrogen-bond donors (Lipinski definition) is 4. The van der Waals surface area contributed by atoms with Crippen molar-refractivity contribution in [1.29, 1.82) is 5.41 Å². The van der Waals surface area contributed by atoms with Gasteiger partial charge < -0.3 is 10.5 Å². The molecule has 1 aliphatic rings. The number of amides is 1. The van der Waals surface area contributed by atoms with Crippen molar-refractivity contribution in [2.75, 3.05) is 34.7 Å². The van der Waals surface area contributed by atoms with Crippen LogP contribution in [0.1, 0.15) is 0 Å². The maximum atomic E-state index is 11.0. The zero-order chi connectivity index (χ0) is 14.8. The molecule has 10 heteroatoms. The van der Waals surface area contributed by atoms with Gasteiger partial charge in [-0.25, -0.2) is 5.84 Å². The Bertz CT molecular complexity index is 314. The van der Waals surface area contributed by atoms with Crippen LogP contribution < -0.4 is 17.0 Å². The van der Waals surface area contributed by atoms with E-state index < -0.39 is 0 Å². The molecule has 0 aromatic rings. The van der Waals surface area contributed by atoms with E-state index in [4.69, 9.17) is 21.7 Å². The normalized spacial score (nSPS) is 22.2. The first-order chi connectivity index (χ1) is 9.61. The molecule has 6 N–H and O–H groups in total. The van der Waals surface area contributed by atoms with Gasteiger partial charge in [-0.2, -0.15) is 35.3 Å². The van der Waals surface area contributed by atoms with Crippen molar-refractivity contribution in [2.24, 2.45) is 11.6 Å². The fourth-order valence-electron chi connectivity index (χ4n) is 1.38. The minimum atomic E-state index is -0.221. The Morgan fingerprint density at radius 2 is 1.90 bits per heavy atom. The van der Waals surface area contributed by atoms with Crippen molar-refractivity contribution in [1.82, 2.24) is 5.43 Å². The van der Waals surface area contributed by atoms with Gasteiger partial charge in [0.1, 0.15) is 5.94 Å². The van der Waals surface area contributed by atoms with E-state index in [2.05, 4.69) is 5.43 Å². The van der Waals surface area contributed by atoms with Crippen molar-refractivity contribution >= 4 is 59.0 Å². The van der Waals surface area contributed by atoms with E-state index in [1.807, 2.05) is 23.5 Å². The summed E-state index contributed by atoms with van der Waals surface area (Å²) < 4.78 is 4.90. The molecule has 1 heterocycles. The third kappa shape index (κ3) is 8.40. The fourth-order valence-corrected chi connectivity index (χ4v) is 6.94. The van der Waals surface area contributed by atoms with Gasteiger partial charge in [0.2, 0.25) is 5.91 Å². The molecule has 0 radical (unpaired) electrons. The summed E-state index contributed by atoms with van der Waals surface area (Å²) in [5.41, 5.74) is 7.24. The first-order valence-corrected chi connectivity index (χ1v) is 10.4. The Hall–Kier alpha value is 0.1000. The Balaban J connectivity index is 2.02. The van der Waals surface area contributed by atoms with Gasteiger partial charge in [-0.15, -0.1) is 11.8 Å². The molecular formula is C10H20N4O2S4. The monoisotopic (exact) mass is 356 g/mol. The standard InChI is InChI=1S/C10H20N4O2S4/c11-10(12)16-6-18-2-8-4-19-7(3-20-8)1-17-5-9(15)14-13/h7-8H,1-6,13H2,(H3,11,12)(H,14,15). The van der Waals surface area contributed by atoms with E-state index in [1.54, 1.807) is 23.5 Å². The largest absolute Gasteiger partial charge is 0.455 e. The van der Waals surface area contributed by atoms with Gasteiger partial charge in [-0.3, -0.25) is 15.6 Å². The van der Waals surface area contributed by atoms with Crippen molar-refractivity contribution in [3.05, 3.63) is 0 Å². The molecule has 116 valence electrons. The third-order valence-corrected chi connectivity index (χ3v) is 8.01. The zero-order valence-electron chi connectivity index (χ0n) is 11.0. The fraction of sp³-hybridized carbons (Fsp3) is 0.800.